The van der Waals surface area contributed by atoms with Crippen molar-refractivity contribution < 1.29 is 4.74 Å². The van der Waals surface area contributed by atoms with Crippen molar-refractivity contribution in [1.29, 1.82) is 0 Å². The van der Waals surface area contributed by atoms with Gasteiger partial charge in [-0.3, -0.25) is 5.10 Å². The topological polar surface area (TPSA) is 49.9 Å². The van der Waals surface area contributed by atoms with E-state index in [9.17, 15) is 0 Å². The van der Waals surface area contributed by atoms with E-state index in [1.54, 1.807) is 7.11 Å². The first-order chi connectivity index (χ1) is 9.86. The first kappa shape index (κ1) is 13.2. The van der Waals surface area contributed by atoms with Crippen LogP contribution in [0.5, 0.6) is 5.75 Å². The van der Waals surface area contributed by atoms with E-state index in [1.165, 1.54) is 29.7 Å². The largest absolute Gasteiger partial charge is 0.497 e. The van der Waals surface area contributed by atoms with Crippen LogP contribution in [-0.4, -0.2) is 30.4 Å². The predicted molar refractivity (Wildman–Crippen MR) is 79.9 cm³/mol. The molecular formula is C16H21N3O. The second-order valence-electron chi connectivity index (χ2n) is 5.39. The zero-order valence-electron chi connectivity index (χ0n) is 11.9. The van der Waals surface area contributed by atoms with Gasteiger partial charge in [0, 0.05) is 11.3 Å². The Morgan fingerprint density at radius 1 is 1.30 bits per heavy atom. The summed E-state index contributed by atoms with van der Waals surface area (Å²) in [6.45, 7) is 2.26. The van der Waals surface area contributed by atoms with Crippen LogP contribution in [0.4, 0.5) is 0 Å². The number of hydrogen-bond acceptors (Lipinski definition) is 3. The maximum atomic E-state index is 5.30. The first-order valence-corrected chi connectivity index (χ1v) is 7.24. The standard InChI is InChI=1S/C16H21N3O/c1-20-14-4-2-3-13(10-14)15-11-18-19-16(15)9-12-5-7-17-8-6-12/h2-4,10-12,17H,5-9H2,1H3,(H,18,19). The van der Waals surface area contributed by atoms with Crippen LogP contribution in [0.25, 0.3) is 11.1 Å². The third-order valence-corrected chi connectivity index (χ3v) is 4.05. The van der Waals surface area contributed by atoms with Gasteiger partial charge in [0.15, 0.2) is 0 Å². The molecule has 1 aromatic carbocycles. The van der Waals surface area contributed by atoms with Crippen LogP contribution >= 0.6 is 0 Å². The first-order valence-electron chi connectivity index (χ1n) is 7.24. The molecule has 1 aliphatic heterocycles. The molecule has 0 bridgehead atoms. The summed E-state index contributed by atoms with van der Waals surface area (Å²) in [7, 11) is 1.70. The minimum Gasteiger partial charge on any atom is -0.497 e. The molecule has 0 radical (unpaired) electrons. The molecule has 2 N–H and O–H groups in total. The Hall–Kier alpha value is -1.81. The molecule has 0 saturated carbocycles. The Morgan fingerprint density at radius 3 is 2.95 bits per heavy atom. The van der Waals surface area contributed by atoms with Gasteiger partial charge in [-0.1, -0.05) is 12.1 Å². The number of benzene rings is 1. The number of ether oxygens (including phenoxy) is 1. The summed E-state index contributed by atoms with van der Waals surface area (Å²) in [5, 5.41) is 10.8. The summed E-state index contributed by atoms with van der Waals surface area (Å²) in [5.41, 5.74) is 3.61. The van der Waals surface area contributed by atoms with Crippen molar-refractivity contribution in [2.75, 3.05) is 20.2 Å². The fraction of sp³-hybridized carbons (Fsp3) is 0.438. The van der Waals surface area contributed by atoms with Gasteiger partial charge in [0.2, 0.25) is 0 Å². The molecule has 4 nitrogen and oxygen atoms in total. The third-order valence-electron chi connectivity index (χ3n) is 4.05. The van der Waals surface area contributed by atoms with Crippen LogP contribution in [0, 0.1) is 5.92 Å². The van der Waals surface area contributed by atoms with Crippen LogP contribution in [0.3, 0.4) is 0 Å². The summed E-state index contributed by atoms with van der Waals surface area (Å²) in [5.74, 6) is 1.64. The van der Waals surface area contributed by atoms with Gasteiger partial charge in [-0.05, 0) is 56.0 Å². The van der Waals surface area contributed by atoms with Crippen LogP contribution in [0.2, 0.25) is 0 Å². The fourth-order valence-corrected chi connectivity index (χ4v) is 2.88. The lowest BCUT2D eigenvalue weighted by Crippen LogP contribution is -2.28. The molecule has 106 valence electrons. The van der Waals surface area contributed by atoms with E-state index in [1.807, 2.05) is 18.3 Å². The monoisotopic (exact) mass is 271 g/mol. The Kier molecular flexibility index (Phi) is 4.02. The van der Waals surface area contributed by atoms with Gasteiger partial charge in [0.25, 0.3) is 0 Å². The third kappa shape index (κ3) is 2.85. The van der Waals surface area contributed by atoms with Crippen molar-refractivity contribution in [2.45, 2.75) is 19.3 Å². The van der Waals surface area contributed by atoms with Gasteiger partial charge >= 0.3 is 0 Å². The quantitative estimate of drug-likeness (QED) is 0.898. The SMILES string of the molecule is COc1cccc(-c2cn[nH]c2CC2CCNCC2)c1. The van der Waals surface area contributed by atoms with Gasteiger partial charge in [-0.15, -0.1) is 0 Å². The van der Waals surface area contributed by atoms with Gasteiger partial charge in [-0.2, -0.15) is 5.10 Å². The number of aromatic nitrogens is 2. The number of aromatic amines is 1. The number of H-pyrrole nitrogens is 1. The minimum atomic E-state index is 0.751. The van der Waals surface area contributed by atoms with Crippen molar-refractivity contribution in [3.05, 3.63) is 36.2 Å². The average molecular weight is 271 g/mol. The average Bonchev–Trinajstić information content (AvgIpc) is 2.96. The predicted octanol–water partition coefficient (Wildman–Crippen LogP) is 2.63. The number of nitrogens with zero attached hydrogens (tertiary/aromatic N) is 1. The number of nitrogens with one attached hydrogen (secondary N) is 2. The molecule has 20 heavy (non-hydrogen) atoms. The zero-order valence-corrected chi connectivity index (χ0v) is 11.9. The normalized spacial score (nSPS) is 16.2. The minimum absolute atomic E-state index is 0.751. The van der Waals surface area contributed by atoms with Gasteiger partial charge in [-0.25, -0.2) is 0 Å². The molecule has 2 aromatic rings. The van der Waals surface area contributed by atoms with Crippen molar-refractivity contribution >= 4 is 0 Å². The fourth-order valence-electron chi connectivity index (χ4n) is 2.88. The molecule has 0 unspecified atom stereocenters. The summed E-state index contributed by atoms with van der Waals surface area (Å²) in [4.78, 5) is 0. The molecule has 0 amide bonds. The lowest BCUT2D eigenvalue weighted by Gasteiger charge is -2.22. The molecule has 0 aliphatic carbocycles. The number of rotatable bonds is 4. The lowest BCUT2D eigenvalue weighted by atomic mass is 9.91. The van der Waals surface area contributed by atoms with Crippen LogP contribution in [0.1, 0.15) is 18.5 Å². The lowest BCUT2D eigenvalue weighted by molar-refractivity contribution is 0.370. The summed E-state index contributed by atoms with van der Waals surface area (Å²) < 4.78 is 5.30. The van der Waals surface area contributed by atoms with Crippen molar-refractivity contribution in [2.24, 2.45) is 5.92 Å². The zero-order chi connectivity index (χ0) is 13.8. The molecule has 1 fully saturated rings. The van der Waals surface area contributed by atoms with Crippen LogP contribution in [0.15, 0.2) is 30.5 Å². The molecule has 1 aromatic heterocycles. The van der Waals surface area contributed by atoms with Crippen molar-refractivity contribution in [1.82, 2.24) is 15.5 Å². The smallest absolute Gasteiger partial charge is 0.119 e. The Balaban J connectivity index is 1.81. The second-order valence-corrected chi connectivity index (χ2v) is 5.39. The Morgan fingerprint density at radius 2 is 2.15 bits per heavy atom. The summed E-state index contributed by atoms with van der Waals surface area (Å²) in [6, 6.07) is 8.17. The molecular weight excluding hydrogens is 250 g/mol. The van der Waals surface area contributed by atoms with E-state index in [4.69, 9.17) is 4.74 Å². The van der Waals surface area contributed by atoms with Gasteiger partial charge in [0.05, 0.1) is 13.3 Å². The highest BCUT2D eigenvalue weighted by Crippen LogP contribution is 2.28. The highest BCUT2D eigenvalue weighted by molar-refractivity contribution is 5.66. The number of piperidine rings is 1. The van der Waals surface area contributed by atoms with E-state index in [0.29, 0.717) is 0 Å². The molecule has 2 heterocycles. The van der Waals surface area contributed by atoms with E-state index in [0.717, 1.165) is 31.2 Å². The molecule has 4 heteroatoms. The van der Waals surface area contributed by atoms with Gasteiger partial charge in [0.1, 0.15) is 5.75 Å². The summed E-state index contributed by atoms with van der Waals surface area (Å²) in [6.07, 6.45) is 5.49. The van der Waals surface area contributed by atoms with E-state index in [-0.39, 0.29) is 0 Å². The van der Waals surface area contributed by atoms with E-state index >= 15 is 0 Å². The van der Waals surface area contributed by atoms with Crippen molar-refractivity contribution in [3.63, 3.8) is 0 Å². The van der Waals surface area contributed by atoms with Crippen LogP contribution < -0.4 is 10.1 Å². The van der Waals surface area contributed by atoms with Crippen LogP contribution in [-0.2, 0) is 6.42 Å². The summed E-state index contributed by atoms with van der Waals surface area (Å²) >= 11 is 0. The maximum Gasteiger partial charge on any atom is 0.119 e. The highest BCUT2D eigenvalue weighted by atomic mass is 16.5. The maximum absolute atomic E-state index is 5.30. The van der Waals surface area contributed by atoms with E-state index in [2.05, 4.69) is 27.6 Å². The molecule has 0 spiro atoms. The van der Waals surface area contributed by atoms with Crippen molar-refractivity contribution in [3.8, 4) is 16.9 Å². The number of methoxy groups -OCH3 is 1. The Bertz CT molecular complexity index is 558. The molecule has 0 atom stereocenters. The second kappa shape index (κ2) is 6.09. The molecule has 1 saturated heterocycles. The molecule has 1 aliphatic rings. The molecule has 3 rings (SSSR count). The van der Waals surface area contributed by atoms with E-state index < -0.39 is 0 Å². The van der Waals surface area contributed by atoms with Gasteiger partial charge < -0.3 is 10.1 Å². The Labute approximate surface area is 119 Å². The number of hydrogen-bond donors (Lipinski definition) is 2. The highest BCUT2D eigenvalue weighted by Gasteiger charge is 2.17.